The molecule has 2 unspecified atom stereocenters. The summed E-state index contributed by atoms with van der Waals surface area (Å²) in [5.74, 6) is 1.27. The predicted molar refractivity (Wildman–Crippen MR) is 58.9 cm³/mol. The first kappa shape index (κ1) is 13.0. The van der Waals surface area contributed by atoms with E-state index in [4.69, 9.17) is 4.74 Å². The average Bonchev–Trinajstić information content (AvgIpc) is 2.05. The Morgan fingerprint density at radius 2 is 1.08 bits per heavy atom. The Balaban J connectivity index is 4.03. The zero-order chi connectivity index (χ0) is 10.4. The van der Waals surface area contributed by atoms with Crippen LogP contribution in [0.4, 0.5) is 0 Å². The second-order valence-electron chi connectivity index (χ2n) is 4.52. The molecule has 0 aliphatic heterocycles. The van der Waals surface area contributed by atoms with Crippen LogP contribution in [0.1, 0.15) is 54.4 Å². The number of hydrogen-bond donors (Lipinski definition) is 0. The van der Waals surface area contributed by atoms with Gasteiger partial charge in [0.1, 0.15) is 0 Å². The summed E-state index contributed by atoms with van der Waals surface area (Å²) in [5.41, 5.74) is 0. The lowest BCUT2D eigenvalue weighted by molar-refractivity contribution is -0.0589. The highest BCUT2D eigenvalue weighted by atomic mass is 16.5. The monoisotopic (exact) mass is 186 g/mol. The van der Waals surface area contributed by atoms with E-state index in [1.54, 1.807) is 0 Å². The third-order valence-electron chi connectivity index (χ3n) is 2.64. The first-order chi connectivity index (χ1) is 6.02. The molecule has 0 rings (SSSR count). The quantitative estimate of drug-likeness (QED) is 0.612. The van der Waals surface area contributed by atoms with E-state index in [1.165, 1.54) is 0 Å². The van der Waals surface area contributed by atoms with Gasteiger partial charge in [0.05, 0.1) is 12.2 Å². The number of ether oxygens (including phenoxy) is 1. The van der Waals surface area contributed by atoms with Gasteiger partial charge in [0.25, 0.3) is 0 Å². The Morgan fingerprint density at radius 3 is 1.23 bits per heavy atom. The molecule has 13 heavy (non-hydrogen) atoms. The average molecular weight is 186 g/mol. The molecular weight excluding hydrogens is 160 g/mol. The molecule has 80 valence electrons. The van der Waals surface area contributed by atoms with E-state index < -0.39 is 0 Å². The third-order valence-corrected chi connectivity index (χ3v) is 2.64. The molecule has 0 aromatic rings. The minimum atomic E-state index is 0.437. The zero-order valence-corrected chi connectivity index (χ0v) is 10.1. The summed E-state index contributed by atoms with van der Waals surface area (Å²) < 4.78 is 6.07. The molecule has 1 heteroatoms. The summed E-state index contributed by atoms with van der Waals surface area (Å²) in [4.78, 5) is 0. The molecule has 0 saturated carbocycles. The topological polar surface area (TPSA) is 9.23 Å². The van der Waals surface area contributed by atoms with Gasteiger partial charge in [-0.05, 0) is 24.7 Å². The fourth-order valence-corrected chi connectivity index (χ4v) is 1.67. The minimum absolute atomic E-state index is 0.437. The van der Waals surface area contributed by atoms with E-state index in [1.807, 2.05) is 0 Å². The van der Waals surface area contributed by atoms with Gasteiger partial charge in [-0.2, -0.15) is 0 Å². The molecule has 0 saturated heterocycles. The fourth-order valence-electron chi connectivity index (χ4n) is 1.67. The summed E-state index contributed by atoms with van der Waals surface area (Å²) >= 11 is 0. The van der Waals surface area contributed by atoms with Crippen LogP contribution in [-0.2, 0) is 4.74 Å². The summed E-state index contributed by atoms with van der Waals surface area (Å²) in [6.07, 6.45) is 3.13. The summed E-state index contributed by atoms with van der Waals surface area (Å²) in [6.45, 7) is 13.4. The molecule has 0 spiro atoms. The third kappa shape index (κ3) is 4.66. The molecule has 0 N–H and O–H groups in total. The lowest BCUT2D eigenvalue weighted by atomic mass is 10.0. The van der Waals surface area contributed by atoms with Crippen molar-refractivity contribution in [1.29, 1.82) is 0 Å². The van der Waals surface area contributed by atoms with E-state index >= 15 is 0 Å². The lowest BCUT2D eigenvalue weighted by Gasteiger charge is -2.28. The van der Waals surface area contributed by atoms with Gasteiger partial charge < -0.3 is 4.74 Å². The Morgan fingerprint density at radius 1 is 0.769 bits per heavy atom. The van der Waals surface area contributed by atoms with Crippen molar-refractivity contribution in [2.24, 2.45) is 11.8 Å². The van der Waals surface area contributed by atoms with Gasteiger partial charge in [-0.15, -0.1) is 0 Å². The fraction of sp³-hybridized carbons (Fsp3) is 1.00. The van der Waals surface area contributed by atoms with Crippen LogP contribution in [0, 0.1) is 11.8 Å². The molecule has 0 aliphatic carbocycles. The predicted octanol–water partition coefficient (Wildman–Crippen LogP) is 3.87. The maximum Gasteiger partial charge on any atom is 0.0599 e. The van der Waals surface area contributed by atoms with Crippen molar-refractivity contribution in [3.05, 3.63) is 0 Å². The van der Waals surface area contributed by atoms with Crippen molar-refractivity contribution < 1.29 is 4.74 Å². The van der Waals surface area contributed by atoms with Crippen molar-refractivity contribution >= 4 is 0 Å². The summed E-state index contributed by atoms with van der Waals surface area (Å²) in [7, 11) is 0. The van der Waals surface area contributed by atoms with Gasteiger partial charge in [0, 0.05) is 0 Å². The first-order valence-electron chi connectivity index (χ1n) is 5.68. The SMILES string of the molecule is CCC(OC(CC)C(C)C)C(C)C. The van der Waals surface area contributed by atoms with Crippen LogP contribution < -0.4 is 0 Å². The lowest BCUT2D eigenvalue weighted by Crippen LogP contribution is -2.28. The Bertz CT molecular complexity index is 104. The van der Waals surface area contributed by atoms with Crippen LogP contribution in [0.25, 0.3) is 0 Å². The van der Waals surface area contributed by atoms with Gasteiger partial charge >= 0.3 is 0 Å². The van der Waals surface area contributed by atoms with E-state index in [-0.39, 0.29) is 0 Å². The highest BCUT2D eigenvalue weighted by Gasteiger charge is 2.19. The number of rotatable bonds is 6. The van der Waals surface area contributed by atoms with Crippen LogP contribution in [-0.4, -0.2) is 12.2 Å². The van der Waals surface area contributed by atoms with Crippen LogP contribution in [0.5, 0.6) is 0 Å². The van der Waals surface area contributed by atoms with Crippen molar-refractivity contribution in [2.45, 2.75) is 66.6 Å². The Hall–Kier alpha value is -0.0400. The van der Waals surface area contributed by atoms with E-state index in [0.717, 1.165) is 12.8 Å². The van der Waals surface area contributed by atoms with Crippen molar-refractivity contribution in [1.82, 2.24) is 0 Å². The zero-order valence-electron chi connectivity index (χ0n) is 10.1. The standard InChI is InChI=1S/C12H26O/c1-7-11(9(3)4)13-12(8-2)10(5)6/h9-12H,7-8H2,1-6H3. The van der Waals surface area contributed by atoms with Gasteiger partial charge in [-0.25, -0.2) is 0 Å². The molecule has 1 nitrogen and oxygen atoms in total. The van der Waals surface area contributed by atoms with Crippen molar-refractivity contribution in [3.8, 4) is 0 Å². The van der Waals surface area contributed by atoms with Crippen LogP contribution in [0.15, 0.2) is 0 Å². The number of hydrogen-bond acceptors (Lipinski definition) is 1. The van der Waals surface area contributed by atoms with Crippen LogP contribution in [0.2, 0.25) is 0 Å². The Kier molecular flexibility index (Phi) is 6.40. The molecule has 0 radical (unpaired) electrons. The maximum atomic E-state index is 6.07. The molecule has 0 fully saturated rings. The highest BCUT2D eigenvalue weighted by molar-refractivity contribution is 4.66. The molecule has 0 amide bonds. The normalized spacial score (nSPS) is 16.6. The van der Waals surface area contributed by atoms with Crippen LogP contribution in [0.3, 0.4) is 0 Å². The molecule has 0 aromatic carbocycles. The Labute approximate surface area is 83.9 Å². The molecule has 0 bridgehead atoms. The second-order valence-corrected chi connectivity index (χ2v) is 4.52. The summed E-state index contributed by atoms with van der Waals surface area (Å²) in [5, 5.41) is 0. The molecule has 0 heterocycles. The van der Waals surface area contributed by atoms with Crippen LogP contribution >= 0.6 is 0 Å². The van der Waals surface area contributed by atoms with Crippen molar-refractivity contribution in [2.75, 3.05) is 0 Å². The van der Waals surface area contributed by atoms with Gasteiger partial charge in [0.15, 0.2) is 0 Å². The van der Waals surface area contributed by atoms with Gasteiger partial charge in [-0.1, -0.05) is 41.5 Å². The second kappa shape index (κ2) is 6.42. The summed E-state index contributed by atoms with van der Waals surface area (Å²) in [6, 6.07) is 0. The molecule has 0 aliphatic rings. The maximum absolute atomic E-state index is 6.07. The van der Waals surface area contributed by atoms with Gasteiger partial charge in [-0.3, -0.25) is 0 Å². The molecule has 2 atom stereocenters. The van der Waals surface area contributed by atoms with E-state index in [0.29, 0.717) is 24.0 Å². The van der Waals surface area contributed by atoms with E-state index in [2.05, 4.69) is 41.5 Å². The van der Waals surface area contributed by atoms with Gasteiger partial charge in [0.2, 0.25) is 0 Å². The van der Waals surface area contributed by atoms with E-state index in [9.17, 15) is 0 Å². The smallest absolute Gasteiger partial charge is 0.0599 e. The highest BCUT2D eigenvalue weighted by Crippen LogP contribution is 2.18. The largest absolute Gasteiger partial charge is 0.374 e. The molecular formula is C12H26O. The minimum Gasteiger partial charge on any atom is -0.374 e. The first-order valence-corrected chi connectivity index (χ1v) is 5.68. The molecule has 0 aromatic heterocycles. The van der Waals surface area contributed by atoms with Crippen molar-refractivity contribution in [3.63, 3.8) is 0 Å².